The second kappa shape index (κ2) is 12.4. The number of fused-ring (bicyclic) bond motifs is 2. The van der Waals surface area contributed by atoms with Gasteiger partial charge in [0.2, 0.25) is 0 Å². The molecule has 9 nitrogen and oxygen atoms in total. The molecule has 0 aliphatic rings. The summed E-state index contributed by atoms with van der Waals surface area (Å²) in [6.45, 7) is 4.32. The predicted octanol–water partition coefficient (Wildman–Crippen LogP) is 3.58. The maximum absolute atomic E-state index is 5.51. The standard InChI is InChI=1S/C24H31N7O2.HI/c1-4-25-24(27-12-10-23-30-29-22-9-5-6-13-31(22)23)26-11-7-8-17-14-19-20(28-17)15-18(32-2)16-21(19)33-3;/h5-6,9,13-16,28H,4,7-8,10-12H2,1-3H3,(H2,25,26,27);1H. The number of guanidine groups is 1. The highest BCUT2D eigenvalue weighted by Gasteiger charge is 2.09. The summed E-state index contributed by atoms with van der Waals surface area (Å²) < 4.78 is 12.9. The number of ether oxygens (including phenoxy) is 2. The number of aliphatic imine (C=N–C) groups is 1. The lowest BCUT2D eigenvalue weighted by Crippen LogP contribution is -2.38. The van der Waals surface area contributed by atoms with Crippen LogP contribution in [-0.4, -0.2) is 59.4 Å². The Morgan fingerprint density at radius 1 is 1.09 bits per heavy atom. The number of H-pyrrole nitrogens is 1. The molecule has 0 amide bonds. The highest BCUT2D eigenvalue weighted by atomic mass is 127. The fourth-order valence-electron chi connectivity index (χ4n) is 3.81. The monoisotopic (exact) mass is 577 g/mol. The number of aromatic amines is 1. The molecule has 0 saturated heterocycles. The van der Waals surface area contributed by atoms with E-state index < -0.39 is 0 Å². The first-order valence-electron chi connectivity index (χ1n) is 11.3. The van der Waals surface area contributed by atoms with Gasteiger partial charge in [-0.25, -0.2) is 0 Å². The van der Waals surface area contributed by atoms with Crippen LogP contribution in [0, 0.1) is 0 Å². The molecular weight excluding hydrogens is 545 g/mol. The minimum Gasteiger partial charge on any atom is -0.497 e. The first-order chi connectivity index (χ1) is 16.2. The quantitative estimate of drug-likeness (QED) is 0.115. The Balaban J connectivity index is 0.00000324. The topological polar surface area (TPSA) is 101 Å². The third kappa shape index (κ3) is 6.10. The molecule has 3 N–H and O–H groups in total. The summed E-state index contributed by atoms with van der Waals surface area (Å²) in [6.07, 6.45) is 4.57. The van der Waals surface area contributed by atoms with E-state index in [0.29, 0.717) is 0 Å². The second-order valence-electron chi connectivity index (χ2n) is 7.67. The van der Waals surface area contributed by atoms with Crippen LogP contribution >= 0.6 is 24.0 Å². The van der Waals surface area contributed by atoms with Crippen molar-refractivity contribution in [2.75, 3.05) is 33.9 Å². The molecule has 0 saturated carbocycles. The van der Waals surface area contributed by atoms with Gasteiger partial charge in [-0.15, -0.1) is 34.2 Å². The Morgan fingerprint density at radius 3 is 2.76 bits per heavy atom. The van der Waals surface area contributed by atoms with Crippen molar-refractivity contribution < 1.29 is 9.47 Å². The van der Waals surface area contributed by atoms with E-state index in [1.165, 1.54) is 0 Å². The molecule has 0 unspecified atom stereocenters. The Morgan fingerprint density at radius 2 is 1.97 bits per heavy atom. The number of methoxy groups -OCH3 is 2. The van der Waals surface area contributed by atoms with E-state index >= 15 is 0 Å². The summed E-state index contributed by atoms with van der Waals surface area (Å²) in [5.41, 5.74) is 3.03. The number of nitrogens with one attached hydrogen (secondary N) is 3. The highest BCUT2D eigenvalue weighted by molar-refractivity contribution is 14.0. The molecule has 0 aliphatic carbocycles. The van der Waals surface area contributed by atoms with Gasteiger partial charge in [0, 0.05) is 55.5 Å². The van der Waals surface area contributed by atoms with E-state index in [9.17, 15) is 0 Å². The summed E-state index contributed by atoms with van der Waals surface area (Å²) in [7, 11) is 3.34. The average Bonchev–Trinajstić information content (AvgIpc) is 3.45. The van der Waals surface area contributed by atoms with Gasteiger partial charge in [-0.2, -0.15) is 0 Å². The SMILES string of the molecule is CCNC(=NCCCc1cc2c(OC)cc(OC)cc2[nH]1)NCCc1nnc2ccccn12.I. The number of hydrogen-bond acceptors (Lipinski definition) is 5. The number of nitrogens with zero attached hydrogens (tertiary/aromatic N) is 4. The third-order valence-electron chi connectivity index (χ3n) is 5.43. The maximum atomic E-state index is 5.51. The van der Waals surface area contributed by atoms with Gasteiger partial charge in [-0.3, -0.25) is 9.39 Å². The molecule has 1 aromatic carbocycles. The van der Waals surface area contributed by atoms with Gasteiger partial charge in [-0.05, 0) is 38.0 Å². The van der Waals surface area contributed by atoms with Gasteiger partial charge in [0.05, 0.1) is 19.7 Å². The zero-order valence-corrected chi connectivity index (χ0v) is 22.1. The molecule has 4 rings (SSSR count). The van der Waals surface area contributed by atoms with Crippen LogP contribution in [0.25, 0.3) is 16.6 Å². The Hall–Kier alpha value is -3.02. The van der Waals surface area contributed by atoms with E-state index in [2.05, 4.69) is 38.8 Å². The van der Waals surface area contributed by atoms with Crippen molar-refractivity contribution in [1.82, 2.24) is 30.2 Å². The van der Waals surface area contributed by atoms with Gasteiger partial charge in [0.25, 0.3) is 0 Å². The Labute approximate surface area is 216 Å². The lowest BCUT2D eigenvalue weighted by atomic mass is 10.2. The number of hydrogen-bond donors (Lipinski definition) is 3. The molecule has 3 heterocycles. The van der Waals surface area contributed by atoms with Crippen molar-refractivity contribution in [2.45, 2.75) is 26.2 Å². The molecule has 10 heteroatoms. The molecule has 0 atom stereocenters. The van der Waals surface area contributed by atoms with Crippen molar-refractivity contribution in [3.8, 4) is 11.5 Å². The van der Waals surface area contributed by atoms with E-state index in [0.717, 1.165) is 84.4 Å². The number of aromatic nitrogens is 4. The first kappa shape index (κ1) is 25.6. The van der Waals surface area contributed by atoms with Gasteiger partial charge in [-0.1, -0.05) is 6.07 Å². The summed E-state index contributed by atoms with van der Waals surface area (Å²) in [5.74, 6) is 3.33. The van der Waals surface area contributed by atoms with E-state index in [-0.39, 0.29) is 24.0 Å². The van der Waals surface area contributed by atoms with Crippen molar-refractivity contribution in [1.29, 1.82) is 0 Å². The van der Waals surface area contributed by atoms with Crippen LogP contribution < -0.4 is 20.1 Å². The van der Waals surface area contributed by atoms with Crippen LogP contribution in [0.4, 0.5) is 0 Å². The molecule has 34 heavy (non-hydrogen) atoms. The summed E-state index contributed by atoms with van der Waals surface area (Å²) >= 11 is 0. The number of halogens is 1. The lowest BCUT2D eigenvalue weighted by molar-refractivity contribution is 0.398. The zero-order chi connectivity index (χ0) is 23.0. The van der Waals surface area contributed by atoms with Crippen molar-refractivity contribution in [3.63, 3.8) is 0 Å². The number of aryl methyl sites for hydroxylation is 1. The van der Waals surface area contributed by atoms with Crippen molar-refractivity contribution >= 4 is 46.5 Å². The van der Waals surface area contributed by atoms with Crippen LogP contribution in [0.1, 0.15) is 24.9 Å². The molecular formula is C24H32IN7O2. The van der Waals surface area contributed by atoms with Crippen molar-refractivity contribution in [3.05, 3.63) is 54.1 Å². The fourth-order valence-corrected chi connectivity index (χ4v) is 3.81. The molecule has 0 spiro atoms. The van der Waals surface area contributed by atoms with E-state index in [4.69, 9.17) is 14.5 Å². The van der Waals surface area contributed by atoms with Gasteiger partial charge >= 0.3 is 0 Å². The number of pyridine rings is 1. The fraction of sp³-hybridized carbons (Fsp3) is 0.375. The van der Waals surface area contributed by atoms with E-state index in [1.54, 1.807) is 14.2 Å². The van der Waals surface area contributed by atoms with Crippen LogP contribution in [0.3, 0.4) is 0 Å². The van der Waals surface area contributed by atoms with E-state index in [1.807, 2.05) is 40.9 Å². The first-order valence-corrected chi connectivity index (χ1v) is 11.3. The molecule has 0 radical (unpaired) electrons. The molecule has 0 bridgehead atoms. The molecule has 182 valence electrons. The van der Waals surface area contributed by atoms with Gasteiger partial charge in [0.1, 0.15) is 17.3 Å². The molecule has 4 aromatic rings. The second-order valence-corrected chi connectivity index (χ2v) is 7.67. The zero-order valence-electron chi connectivity index (χ0n) is 19.8. The molecule has 0 fully saturated rings. The smallest absolute Gasteiger partial charge is 0.191 e. The van der Waals surface area contributed by atoms with Gasteiger partial charge < -0.3 is 25.1 Å². The summed E-state index contributed by atoms with van der Waals surface area (Å²) in [6, 6.07) is 11.9. The highest BCUT2D eigenvalue weighted by Crippen LogP contribution is 2.31. The molecule has 0 aliphatic heterocycles. The largest absolute Gasteiger partial charge is 0.497 e. The number of rotatable bonds is 10. The minimum absolute atomic E-state index is 0. The van der Waals surface area contributed by atoms with Crippen LogP contribution in [-0.2, 0) is 12.8 Å². The molecule has 3 aromatic heterocycles. The summed E-state index contributed by atoms with van der Waals surface area (Å²) in [5, 5.41) is 16.2. The van der Waals surface area contributed by atoms with Gasteiger partial charge in [0.15, 0.2) is 11.6 Å². The maximum Gasteiger partial charge on any atom is 0.191 e. The number of benzene rings is 1. The van der Waals surface area contributed by atoms with Crippen LogP contribution in [0.2, 0.25) is 0 Å². The van der Waals surface area contributed by atoms with Crippen LogP contribution in [0.5, 0.6) is 11.5 Å². The minimum atomic E-state index is 0. The Bertz CT molecular complexity index is 1230. The lowest BCUT2D eigenvalue weighted by Gasteiger charge is -2.10. The average molecular weight is 577 g/mol. The van der Waals surface area contributed by atoms with Crippen LogP contribution in [0.15, 0.2) is 47.6 Å². The summed E-state index contributed by atoms with van der Waals surface area (Å²) in [4.78, 5) is 8.19. The van der Waals surface area contributed by atoms with Crippen molar-refractivity contribution in [2.24, 2.45) is 4.99 Å². The Kier molecular flexibility index (Phi) is 9.37. The third-order valence-corrected chi connectivity index (χ3v) is 5.43. The predicted molar refractivity (Wildman–Crippen MR) is 146 cm³/mol. The normalized spacial score (nSPS) is 11.4.